The Hall–Kier alpha value is -3.27. The molecule has 4 rings (SSSR count). The molecule has 0 radical (unpaired) electrons. The van der Waals surface area contributed by atoms with Gasteiger partial charge in [0.05, 0.1) is 48.0 Å². The molecule has 2 heterocycles. The SMILES string of the molecule is C=CC(=O)Cc1cccc(-c2nc(Nc3ccc(OP(=O)(OC(C)C)OC(C)C)c(N4CCOCC4)c3)ncc2Cl)c1. The molecule has 1 aromatic heterocycles. The number of ketones is 1. The molecule has 0 bridgehead atoms. The van der Waals surface area contributed by atoms with Gasteiger partial charge in [0, 0.05) is 30.8 Å². The Kier molecular flexibility index (Phi) is 10.8. The van der Waals surface area contributed by atoms with E-state index in [1.165, 1.54) is 12.3 Å². The van der Waals surface area contributed by atoms with Gasteiger partial charge in [0.25, 0.3) is 0 Å². The summed E-state index contributed by atoms with van der Waals surface area (Å²) in [4.78, 5) is 23.0. The Morgan fingerprint density at radius 1 is 1.14 bits per heavy atom. The number of anilines is 3. The second kappa shape index (κ2) is 14.3. The fraction of sp³-hybridized carbons (Fsp3) is 0.367. The topological polar surface area (TPSA) is 112 Å². The maximum atomic E-state index is 13.5. The Bertz CT molecular complexity index is 1450. The molecule has 0 atom stereocenters. The first-order valence-corrected chi connectivity index (χ1v) is 15.6. The summed E-state index contributed by atoms with van der Waals surface area (Å²) in [6, 6.07) is 12.8. The molecule has 0 saturated carbocycles. The van der Waals surface area contributed by atoms with E-state index in [-0.39, 0.29) is 24.4 Å². The number of phosphoric ester groups is 1. The smallest absolute Gasteiger partial charge is 0.402 e. The largest absolute Gasteiger partial charge is 0.530 e. The standard InChI is InChI=1S/C30H36ClN4O6P/c1-6-25(36)17-22-8-7-9-23(16-22)29-26(31)19-32-30(34-29)33-24-10-11-28(27(18-24)35-12-14-38-15-13-35)41-42(37,39-20(2)3)40-21(4)5/h6-11,16,18-21H,1,12-15,17H2,2-5H3,(H,32,33,34). The van der Waals surface area contributed by atoms with Gasteiger partial charge in [-0.1, -0.05) is 36.4 Å². The highest BCUT2D eigenvalue weighted by atomic mass is 35.5. The summed E-state index contributed by atoms with van der Waals surface area (Å²) >= 11 is 6.48. The molecule has 42 heavy (non-hydrogen) atoms. The summed E-state index contributed by atoms with van der Waals surface area (Å²) in [7, 11) is -3.92. The zero-order valence-electron chi connectivity index (χ0n) is 24.2. The van der Waals surface area contributed by atoms with Crippen LogP contribution in [0.25, 0.3) is 11.3 Å². The van der Waals surface area contributed by atoms with Gasteiger partial charge in [-0.3, -0.25) is 13.8 Å². The van der Waals surface area contributed by atoms with Crippen LogP contribution in [-0.2, 0) is 29.6 Å². The molecule has 3 aromatic rings. The molecular weight excluding hydrogens is 579 g/mol. The van der Waals surface area contributed by atoms with Crippen molar-refractivity contribution < 1.29 is 27.7 Å². The van der Waals surface area contributed by atoms with Gasteiger partial charge in [-0.25, -0.2) is 14.5 Å². The van der Waals surface area contributed by atoms with Crippen molar-refractivity contribution in [2.24, 2.45) is 0 Å². The lowest BCUT2D eigenvalue weighted by molar-refractivity contribution is -0.114. The van der Waals surface area contributed by atoms with E-state index in [1.54, 1.807) is 39.8 Å². The molecule has 2 aromatic carbocycles. The Balaban J connectivity index is 1.65. The molecule has 0 amide bonds. The molecule has 1 fully saturated rings. The van der Waals surface area contributed by atoms with Crippen LogP contribution in [0.15, 0.2) is 61.3 Å². The van der Waals surface area contributed by atoms with Crippen molar-refractivity contribution in [2.75, 3.05) is 36.5 Å². The number of ether oxygens (including phenoxy) is 1. The van der Waals surface area contributed by atoms with Crippen molar-refractivity contribution in [1.29, 1.82) is 0 Å². The highest BCUT2D eigenvalue weighted by Gasteiger charge is 2.33. The number of allylic oxidation sites excluding steroid dienone is 1. The monoisotopic (exact) mass is 614 g/mol. The molecule has 0 unspecified atom stereocenters. The number of carbonyl (C=O) groups is 1. The van der Waals surface area contributed by atoms with E-state index in [9.17, 15) is 9.36 Å². The van der Waals surface area contributed by atoms with E-state index >= 15 is 0 Å². The average molecular weight is 615 g/mol. The number of morpholine rings is 1. The van der Waals surface area contributed by atoms with Crippen LogP contribution < -0.4 is 14.7 Å². The van der Waals surface area contributed by atoms with Crippen molar-refractivity contribution in [2.45, 2.75) is 46.3 Å². The van der Waals surface area contributed by atoms with Crippen molar-refractivity contribution in [1.82, 2.24) is 9.97 Å². The summed E-state index contributed by atoms with van der Waals surface area (Å²) < 4.78 is 36.3. The fourth-order valence-corrected chi connectivity index (χ4v) is 6.05. The second-order valence-electron chi connectivity index (χ2n) is 10.2. The van der Waals surface area contributed by atoms with E-state index < -0.39 is 7.82 Å². The van der Waals surface area contributed by atoms with Gasteiger partial charge in [0.1, 0.15) is 0 Å². The summed E-state index contributed by atoms with van der Waals surface area (Å²) in [5.41, 5.74) is 3.47. The zero-order valence-corrected chi connectivity index (χ0v) is 25.9. The lowest BCUT2D eigenvalue weighted by Crippen LogP contribution is -2.36. The number of hydrogen-bond acceptors (Lipinski definition) is 10. The number of phosphoric acid groups is 1. The minimum Gasteiger partial charge on any atom is -0.402 e. The van der Waals surface area contributed by atoms with E-state index in [2.05, 4.69) is 26.8 Å². The minimum atomic E-state index is -3.92. The molecule has 1 N–H and O–H groups in total. The summed E-state index contributed by atoms with van der Waals surface area (Å²) in [5.74, 6) is 0.603. The Morgan fingerprint density at radius 3 is 2.52 bits per heavy atom. The average Bonchev–Trinajstić information content (AvgIpc) is 2.94. The lowest BCUT2D eigenvalue weighted by atomic mass is 10.0. The number of nitrogens with zero attached hydrogens (tertiary/aromatic N) is 3. The van der Waals surface area contributed by atoms with Crippen LogP contribution in [0.3, 0.4) is 0 Å². The molecule has 1 aliphatic heterocycles. The van der Waals surface area contributed by atoms with Gasteiger partial charge in [-0.05, 0) is 63.6 Å². The number of benzene rings is 2. The lowest BCUT2D eigenvalue weighted by Gasteiger charge is -2.31. The van der Waals surface area contributed by atoms with Gasteiger partial charge in [0.15, 0.2) is 11.5 Å². The van der Waals surface area contributed by atoms with E-state index in [0.29, 0.717) is 60.1 Å². The number of halogens is 1. The maximum Gasteiger partial charge on any atom is 0.530 e. The van der Waals surface area contributed by atoms with Crippen LogP contribution in [0.2, 0.25) is 5.02 Å². The van der Waals surface area contributed by atoms with Crippen LogP contribution in [0.5, 0.6) is 5.75 Å². The Labute approximate surface area is 251 Å². The van der Waals surface area contributed by atoms with Crippen LogP contribution >= 0.6 is 19.4 Å². The first-order valence-electron chi connectivity index (χ1n) is 13.7. The number of carbonyl (C=O) groups excluding carboxylic acids is 1. The first-order chi connectivity index (χ1) is 20.0. The molecule has 0 aliphatic carbocycles. The number of rotatable bonds is 13. The Morgan fingerprint density at radius 2 is 1.86 bits per heavy atom. The molecule has 224 valence electrons. The predicted molar refractivity (Wildman–Crippen MR) is 165 cm³/mol. The fourth-order valence-electron chi connectivity index (χ4n) is 4.29. The molecular formula is C30H36ClN4O6P. The van der Waals surface area contributed by atoms with Crippen LogP contribution in [-0.4, -0.2) is 54.3 Å². The van der Waals surface area contributed by atoms with Crippen LogP contribution in [0.4, 0.5) is 17.3 Å². The highest BCUT2D eigenvalue weighted by molar-refractivity contribution is 7.49. The first kappa shape index (κ1) is 31.7. The quantitative estimate of drug-likeness (QED) is 0.159. The second-order valence-corrected chi connectivity index (χ2v) is 12.1. The van der Waals surface area contributed by atoms with Gasteiger partial charge in [-0.15, -0.1) is 0 Å². The molecule has 0 spiro atoms. The highest BCUT2D eigenvalue weighted by Crippen LogP contribution is 2.53. The van der Waals surface area contributed by atoms with Gasteiger partial charge >= 0.3 is 7.82 Å². The van der Waals surface area contributed by atoms with Crippen molar-refractivity contribution >= 4 is 42.5 Å². The molecule has 1 aliphatic rings. The third-order valence-corrected chi connectivity index (χ3v) is 8.06. The third-order valence-electron chi connectivity index (χ3n) is 6.01. The van der Waals surface area contributed by atoms with E-state index in [0.717, 1.165) is 11.1 Å². The van der Waals surface area contributed by atoms with Gasteiger partial charge in [0.2, 0.25) is 5.95 Å². The van der Waals surface area contributed by atoms with Crippen LogP contribution in [0, 0.1) is 0 Å². The normalized spacial score (nSPS) is 13.8. The van der Waals surface area contributed by atoms with Crippen molar-refractivity contribution in [3.8, 4) is 17.0 Å². The van der Waals surface area contributed by atoms with Crippen molar-refractivity contribution in [3.63, 3.8) is 0 Å². The number of aromatic nitrogens is 2. The summed E-state index contributed by atoms with van der Waals surface area (Å²) in [5, 5.41) is 3.61. The van der Waals surface area contributed by atoms with Crippen LogP contribution in [0.1, 0.15) is 33.3 Å². The molecule has 1 saturated heterocycles. The van der Waals surface area contributed by atoms with Crippen molar-refractivity contribution in [3.05, 3.63) is 71.9 Å². The molecule has 10 nitrogen and oxygen atoms in total. The van der Waals surface area contributed by atoms with Gasteiger partial charge < -0.3 is 19.5 Å². The van der Waals surface area contributed by atoms with E-state index in [1.807, 2.05) is 30.3 Å². The zero-order chi connectivity index (χ0) is 30.3. The third kappa shape index (κ3) is 8.63. The number of hydrogen-bond donors (Lipinski definition) is 1. The number of nitrogens with one attached hydrogen (secondary N) is 1. The maximum absolute atomic E-state index is 13.5. The predicted octanol–water partition coefficient (Wildman–Crippen LogP) is 7.01. The minimum absolute atomic E-state index is 0.0744. The van der Waals surface area contributed by atoms with Gasteiger partial charge in [-0.2, -0.15) is 0 Å². The van der Waals surface area contributed by atoms with E-state index in [4.69, 9.17) is 29.9 Å². The summed E-state index contributed by atoms with van der Waals surface area (Å²) in [6.07, 6.45) is 2.32. The summed E-state index contributed by atoms with van der Waals surface area (Å²) in [6.45, 7) is 12.9. The molecule has 12 heteroatoms.